The van der Waals surface area contributed by atoms with Crippen molar-refractivity contribution in [3.8, 4) is 0 Å². The Morgan fingerprint density at radius 3 is 1.96 bits per heavy atom. The summed E-state index contributed by atoms with van der Waals surface area (Å²) < 4.78 is 10.8. The molecule has 0 aromatic heterocycles. The maximum Gasteiger partial charge on any atom is 0.355 e. The molecule has 23 heavy (non-hydrogen) atoms. The van der Waals surface area contributed by atoms with Gasteiger partial charge in [-0.2, -0.15) is 0 Å². The minimum atomic E-state index is -1.50. The van der Waals surface area contributed by atoms with Crippen LogP contribution in [0.5, 0.6) is 0 Å². The summed E-state index contributed by atoms with van der Waals surface area (Å²) in [5.41, 5.74) is -0.555. The fourth-order valence-electron chi connectivity index (χ4n) is 2.12. The maximum absolute atomic E-state index is 12.5. The zero-order valence-corrected chi connectivity index (χ0v) is 13.5. The van der Waals surface area contributed by atoms with E-state index in [1.54, 1.807) is 75.4 Å². The molecule has 0 heterocycles. The van der Waals surface area contributed by atoms with Gasteiger partial charge in [0.1, 0.15) is 0 Å². The first-order valence-corrected chi connectivity index (χ1v) is 7.48. The van der Waals surface area contributed by atoms with E-state index in [4.69, 9.17) is 9.47 Å². The Balaban J connectivity index is 2.34. The summed E-state index contributed by atoms with van der Waals surface area (Å²) in [5, 5.41) is 0. The van der Waals surface area contributed by atoms with E-state index in [1.165, 1.54) is 0 Å². The molecule has 4 nitrogen and oxygen atoms in total. The summed E-state index contributed by atoms with van der Waals surface area (Å²) in [5.74, 6) is -1.17. The van der Waals surface area contributed by atoms with Crippen molar-refractivity contribution < 1.29 is 19.1 Å². The van der Waals surface area contributed by atoms with E-state index in [9.17, 15) is 9.59 Å². The Kier molecular flexibility index (Phi) is 5.16. The highest BCUT2D eigenvalue weighted by atomic mass is 16.6. The number of esters is 2. The van der Waals surface area contributed by atoms with Gasteiger partial charge in [-0.05, 0) is 32.9 Å². The quantitative estimate of drug-likeness (QED) is 0.790. The Hall–Kier alpha value is -2.62. The van der Waals surface area contributed by atoms with E-state index in [2.05, 4.69) is 0 Å². The molecule has 2 aromatic rings. The molecule has 0 aliphatic carbocycles. The number of carbonyl (C=O) groups excluding carboxylic acids is 2. The molecule has 0 radical (unpaired) electrons. The normalized spacial score (nSPS) is 13.2. The lowest BCUT2D eigenvalue weighted by Gasteiger charge is -2.28. The van der Waals surface area contributed by atoms with Gasteiger partial charge in [0.15, 0.2) is 0 Å². The van der Waals surface area contributed by atoms with Crippen LogP contribution in [0.15, 0.2) is 60.7 Å². The van der Waals surface area contributed by atoms with Gasteiger partial charge < -0.3 is 9.47 Å². The van der Waals surface area contributed by atoms with E-state index in [0.717, 1.165) is 0 Å². The molecule has 2 aromatic carbocycles. The molecule has 0 saturated carbocycles. The largest absolute Gasteiger partial charge is 0.460 e. The minimum absolute atomic E-state index is 0.305. The van der Waals surface area contributed by atoms with Crippen LogP contribution in [0.3, 0.4) is 0 Å². The van der Waals surface area contributed by atoms with Crippen LogP contribution >= 0.6 is 0 Å². The van der Waals surface area contributed by atoms with Crippen molar-refractivity contribution in [2.45, 2.75) is 32.5 Å². The average molecular weight is 312 g/mol. The monoisotopic (exact) mass is 312 g/mol. The predicted octanol–water partition coefficient (Wildman–Crippen LogP) is 3.71. The molecule has 1 unspecified atom stereocenters. The van der Waals surface area contributed by atoms with Crippen LogP contribution in [0.1, 0.15) is 36.7 Å². The van der Waals surface area contributed by atoms with Crippen LogP contribution < -0.4 is 0 Å². The van der Waals surface area contributed by atoms with Crippen molar-refractivity contribution in [3.05, 3.63) is 71.8 Å². The highest BCUT2D eigenvalue weighted by Gasteiger charge is 2.41. The molecule has 4 heteroatoms. The fourth-order valence-corrected chi connectivity index (χ4v) is 2.12. The third-order valence-electron chi connectivity index (χ3n) is 3.36. The molecule has 0 amide bonds. The van der Waals surface area contributed by atoms with Crippen LogP contribution in [-0.2, 0) is 19.9 Å². The summed E-state index contributed by atoms with van der Waals surface area (Å²) in [6, 6.07) is 17.4. The van der Waals surface area contributed by atoms with E-state index < -0.39 is 17.5 Å². The Morgan fingerprint density at radius 1 is 0.913 bits per heavy atom. The summed E-state index contributed by atoms with van der Waals surface area (Å²) in [6.45, 7) is 5.05. The summed E-state index contributed by atoms with van der Waals surface area (Å²) >= 11 is 0. The van der Waals surface area contributed by atoms with Gasteiger partial charge in [0.25, 0.3) is 0 Å². The second-order valence-corrected chi connectivity index (χ2v) is 5.61. The van der Waals surface area contributed by atoms with Crippen molar-refractivity contribution in [1.82, 2.24) is 0 Å². The highest BCUT2D eigenvalue weighted by molar-refractivity contribution is 5.93. The lowest BCUT2D eigenvalue weighted by atomic mass is 9.95. The van der Waals surface area contributed by atoms with Crippen LogP contribution in [-0.4, -0.2) is 18.0 Å². The molecular weight excluding hydrogens is 292 g/mol. The molecule has 0 aliphatic rings. The number of hydrogen-bond acceptors (Lipinski definition) is 4. The second kappa shape index (κ2) is 7.09. The zero-order chi connectivity index (χ0) is 16.9. The number of ether oxygens (including phenoxy) is 2. The van der Waals surface area contributed by atoms with Gasteiger partial charge in [-0.15, -0.1) is 0 Å². The smallest absolute Gasteiger partial charge is 0.355 e. The zero-order valence-electron chi connectivity index (χ0n) is 13.5. The third kappa shape index (κ3) is 3.97. The summed E-state index contributed by atoms with van der Waals surface area (Å²) in [6.07, 6.45) is -0.305. The van der Waals surface area contributed by atoms with E-state index in [-0.39, 0.29) is 6.10 Å². The summed E-state index contributed by atoms with van der Waals surface area (Å²) in [4.78, 5) is 24.9. The number of benzene rings is 2. The first-order chi connectivity index (χ1) is 10.9. The van der Waals surface area contributed by atoms with E-state index in [1.807, 2.05) is 6.07 Å². The second-order valence-electron chi connectivity index (χ2n) is 5.61. The van der Waals surface area contributed by atoms with Gasteiger partial charge in [-0.3, -0.25) is 0 Å². The molecule has 120 valence electrons. The first kappa shape index (κ1) is 16.7. The van der Waals surface area contributed by atoms with Crippen LogP contribution in [0, 0.1) is 0 Å². The molecule has 0 aliphatic heterocycles. The van der Waals surface area contributed by atoms with Crippen LogP contribution in [0.2, 0.25) is 0 Å². The minimum Gasteiger partial charge on any atom is -0.460 e. The van der Waals surface area contributed by atoms with Crippen molar-refractivity contribution in [3.63, 3.8) is 0 Å². The lowest BCUT2D eigenvalue weighted by molar-refractivity contribution is -0.169. The van der Waals surface area contributed by atoms with Gasteiger partial charge in [0, 0.05) is 5.56 Å². The SMILES string of the molecule is CC(C)OC(=O)C(C)(OC(=O)c1ccccc1)c1ccccc1. The van der Waals surface area contributed by atoms with Crippen molar-refractivity contribution in [2.75, 3.05) is 0 Å². The highest BCUT2D eigenvalue weighted by Crippen LogP contribution is 2.29. The number of rotatable bonds is 5. The molecule has 1 atom stereocenters. The van der Waals surface area contributed by atoms with Gasteiger partial charge in [-0.25, -0.2) is 9.59 Å². The van der Waals surface area contributed by atoms with Crippen molar-refractivity contribution in [1.29, 1.82) is 0 Å². The molecule has 0 N–H and O–H groups in total. The third-order valence-corrected chi connectivity index (χ3v) is 3.36. The summed E-state index contributed by atoms with van der Waals surface area (Å²) in [7, 11) is 0. The van der Waals surface area contributed by atoms with Crippen molar-refractivity contribution in [2.24, 2.45) is 0 Å². The Morgan fingerprint density at radius 2 is 1.43 bits per heavy atom. The molecule has 0 spiro atoms. The Labute approximate surface area is 136 Å². The van der Waals surface area contributed by atoms with Gasteiger partial charge in [-0.1, -0.05) is 48.5 Å². The standard InChI is InChI=1S/C19H20O4/c1-14(2)22-18(21)19(3,16-12-8-5-9-13-16)23-17(20)15-10-6-4-7-11-15/h4-14H,1-3H3. The molecule has 0 bridgehead atoms. The molecule has 0 fully saturated rings. The van der Waals surface area contributed by atoms with Gasteiger partial charge >= 0.3 is 11.9 Å². The van der Waals surface area contributed by atoms with Crippen LogP contribution in [0.25, 0.3) is 0 Å². The lowest BCUT2D eigenvalue weighted by Crippen LogP contribution is -2.40. The topological polar surface area (TPSA) is 52.6 Å². The average Bonchev–Trinajstić information content (AvgIpc) is 2.55. The van der Waals surface area contributed by atoms with Gasteiger partial charge in [0.05, 0.1) is 11.7 Å². The van der Waals surface area contributed by atoms with Crippen molar-refractivity contribution >= 4 is 11.9 Å². The predicted molar refractivity (Wildman–Crippen MR) is 86.9 cm³/mol. The number of hydrogen-bond donors (Lipinski definition) is 0. The number of carbonyl (C=O) groups is 2. The van der Waals surface area contributed by atoms with Gasteiger partial charge in [0.2, 0.25) is 5.60 Å². The maximum atomic E-state index is 12.5. The van der Waals surface area contributed by atoms with E-state index >= 15 is 0 Å². The molecule has 0 saturated heterocycles. The molecular formula is C19H20O4. The molecule has 2 rings (SSSR count). The fraction of sp³-hybridized carbons (Fsp3) is 0.263. The van der Waals surface area contributed by atoms with E-state index in [0.29, 0.717) is 11.1 Å². The first-order valence-electron chi connectivity index (χ1n) is 7.48. The Bertz CT molecular complexity index is 664. The van der Waals surface area contributed by atoms with Crippen LogP contribution in [0.4, 0.5) is 0 Å².